The lowest BCUT2D eigenvalue weighted by Gasteiger charge is -2.33. The van der Waals surface area contributed by atoms with Crippen molar-refractivity contribution in [2.24, 2.45) is 5.41 Å². The fourth-order valence-corrected chi connectivity index (χ4v) is 1.64. The van der Waals surface area contributed by atoms with Crippen LogP contribution in [-0.2, 0) is 9.59 Å². The lowest BCUT2D eigenvalue weighted by Crippen LogP contribution is -2.50. The standard InChI is InChI=1S/C12H13NO4/c1-12(2,11(15)16)9-10(14)13-7-5-3-4-6-8(7)17-9/h3-6,9H,1-2H3,(H,13,14)(H,15,16). The van der Waals surface area contributed by atoms with E-state index in [4.69, 9.17) is 9.84 Å². The van der Waals surface area contributed by atoms with Crippen LogP contribution in [0.4, 0.5) is 5.69 Å². The van der Waals surface area contributed by atoms with E-state index in [9.17, 15) is 9.59 Å². The Morgan fingerprint density at radius 3 is 2.71 bits per heavy atom. The Hall–Kier alpha value is -2.04. The largest absolute Gasteiger partial charge is 0.481 e. The number of ether oxygens (including phenoxy) is 1. The van der Waals surface area contributed by atoms with Crippen LogP contribution >= 0.6 is 0 Å². The van der Waals surface area contributed by atoms with E-state index in [-0.39, 0.29) is 0 Å². The van der Waals surface area contributed by atoms with E-state index in [1.54, 1.807) is 24.3 Å². The zero-order valence-corrected chi connectivity index (χ0v) is 9.56. The Labute approximate surface area is 98.4 Å². The van der Waals surface area contributed by atoms with Gasteiger partial charge < -0.3 is 15.2 Å². The van der Waals surface area contributed by atoms with Gasteiger partial charge in [-0.25, -0.2) is 0 Å². The minimum atomic E-state index is -1.28. The normalized spacial score (nSPS) is 18.9. The number of hydrogen-bond donors (Lipinski definition) is 2. The van der Waals surface area contributed by atoms with Crippen LogP contribution in [0.3, 0.4) is 0 Å². The van der Waals surface area contributed by atoms with Crippen molar-refractivity contribution in [1.82, 2.24) is 0 Å². The van der Waals surface area contributed by atoms with Crippen LogP contribution < -0.4 is 10.1 Å². The molecule has 1 aromatic rings. The first-order valence-electron chi connectivity index (χ1n) is 5.23. The van der Waals surface area contributed by atoms with Crippen LogP contribution in [0, 0.1) is 5.41 Å². The third-order valence-corrected chi connectivity index (χ3v) is 2.83. The Bertz CT molecular complexity index is 481. The molecule has 0 radical (unpaired) electrons. The van der Waals surface area contributed by atoms with Crippen molar-refractivity contribution in [2.45, 2.75) is 20.0 Å². The molecule has 0 spiro atoms. The van der Waals surface area contributed by atoms with Crippen LogP contribution in [0.15, 0.2) is 24.3 Å². The van der Waals surface area contributed by atoms with Gasteiger partial charge in [-0.2, -0.15) is 0 Å². The molecule has 0 saturated heterocycles. The fraction of sp³-hybridized carbons (Fsp3) is 0.333. The second kappa shape index (κ2) is 3.76. The summed E-state index contributed by atoms with van der Waals surface area (Å²) in [4.78, 5) is 22.9. The van der Waals surface area contributed by atoms with Crippen LogP contribution in [0.2, 0.25) is 0 Å². The summed E-state index contributed by atoms with van der Waals surface area (Å²) in [5.41, 5.74) is -0.715. The first-order valence-corrected chi connectivity index (χ1v) is 5.23. The molecule has 1 aromatic carbocycles. The van der Waals surface area contributed by atoms with Gasteiger partial charge in [-0.15, -0.1) is 0 Å². The average molecular weight is 235 g/mol. The molecule has 2 rings (SSSR count). The van der Waals surface area contributed by atoms with Crippen molar-refractivity contribution >= 4 is 17.6 Å². The van der Waals surface area contributed by atoms with Crippen molar-refractivity contribution in [3.05, 3.63) is 24.3 Å². The summed E-state index contributed by atoms with van der Waals surface area (Å²) in [6.45, 7) is 2.93. The Morgan fingerprint density at radius 1 is 1.41 bits per heavy atom. The molecule has 17 heavy (non-hydrogen) atoms. The molecule has 1 amide bonds. The highest BCUT2D eigenvalue weighted by atomic mass is 16.5. The molecule has 1 aliphatic rings. The van der Waals surface area contributed by atoms with Gasteiger partial charge in [-0.3, -0.25) is 9.59 Å². The van der Waals surface area contributed by atoms with Crippen molar-refractivity contribution in [2.75, 3.05) is 5.32 Å². The third-order valence-electron chi connectivity index (χ3n) is 2.83. The van der Waals surface area contributed by atoms with E-state index in [2.05, 4.69) is 5.32 Å². The Morgan fingerprint density at radius 2 is 2.06 bits per heavy atom. The smallest absolute Gasteiger partial charge is 0.313 e. The lowest BCUT2D eigenvalue weighted by molar-refractivity contribution is -0.156. The van der Waals surface area contributed by atoms with Crippen molar-refractivity contribution in [3.8, 4) is 5.75 Å². The molecular formula is C12H13NO4. The summed E-state index contributed by atoms with van der Waals surface area (Å²) in [5.74, 6) is -1.01. The van der Waals surface area contributed by atoms with Gasteiger partial charge in [0.2, 0.25) is 0 Å². The first kappa shape index (κ1) is 11.4. The van der Waals surface area contributed by atoms with Crippen LogP contribution in [0.5, 0.6) is 5.75 Å². The van der Waals surface area contributed by atoms with Crippen molar-refractivity contribution < 1.29 is 19.4 Å². The number of rotatable bonds is 2. The predicted molar refractivity (Wildman–Crippen MR) is 60.9 cm³/mol. The zero-order chi connectivity index (χ0) is 12.6. The number of carboxylic acids is 1. The average Bonchev–Trinajstić information content (AvgIpc) is 2.27. The number of carboxylic acid groups (broad SMARTS) is 1. The maximum Gasteiger partial charge on any atom is 0.313 e. The fourth-order valence-electron chi connectivity index (χ4n) is 1.64. The molecule has 5 heteroatoms. The lowest BCUT2D eigenvalue weighted by atomic mass is 9.85. The third kappa shape index (κ3) is 1.84. The number of aliphatic carboxylic acids is 1. The summed E-state index contributed by atoms with van der Waals surface area (Å²) in [7, 11) is 0. The Balaban J connectivity index is 2.36. The molecule has 0 saturated carbocycles. The number of fused-ring (bicyclic) bond motifs is 1. The summed E-state index contributed by atoms with van der Waals surface area (Å²) in [5, 5.41) is 11.7. The summed E-state index contributed by atoms with van der Waals surface area (Å²) in [6, 6.07) is 6.93. The number of hydrogen-bond acceptors (Lipinski definition) is 3. The van der Waals surface area contributed by atoms with Gasteiger partial charge in [0.15, 0.2) is 6.10 Å². The molecule has 2 N–H and O–H groups in total. The number of anilines is 1. The zero-order valence-electron chi connectivity index (χ0n) is 9.56. The van der Waals surface area contributed by atoms with Crippen molar-refractivity contribution in [1.29, 1.82) is 0 Å². The molecule has 90 valence electrons. The van der Waals surface area contributed by atoms with Gasteiger partial charge in [0.1, 0.15) is 11.2 Å². The number of nitrogens with one attached hydrogen (secondary N) is 1. The second-order valence-corrected chi connectivity index (χ2v) is 4.51. The second-order valence-electron chi connectivity index (χ2n) is 4.51. The van der Waals surface area contributed by atoms with Gasteiger partial charge in [-0.05, 0) is 26.0 Å². The summed E-state index contributed by atoms with van der Waals surface area (Å²) in [6.07, 6.45) is -1.03. The maximum atomic E-state index is 11.8. The highest BCUT2D eigenvalue weighted by molar-refractivity contribution is 6.00. The molecule has 0 fully saturated rings. The summed E-state index contributed by atoms with van der Waals surface area (Å²) < 4.78 is 5.48. The molecule has 0 aromatic heterocycles. The van der Waals surface area contributed by atoms with E-state index < -0.39 is 23.4 Å². The van der Waals surface area contributed by atoms with Gasteiger partial charge >= 0.3 is 5.97 Å². The first-order chi connectivity index (χ1) is 7.93. The van der Waals surface area contributed by atoms with E-state index in [0.717, 1.165) is 0 Å². The van der Waals surface area contributed by atoms with Gasteiger partial charge in [0, 0.05) is 0 Å². The molecule has 1 aliphatic heterocycles. The van der Waals surface area contributed by atoms with Gasteiger partial charge in [0.05, 0.1) is 5.69 Å². The number of benzene rings is 1. The van der Waals surface area contributed by atoms with Gasteiger partial charge in [-0.1, -0.05) is 12.1 Å². The SMILES string of the molecule is CC(C)(C(=O)O)C1Oc2ccccc2NC1=O. The minimum Gasteiger partial charge on any atom is -0.481 e. The number of carbonyl (C=O) groups is 2. The molecule has 1 heterocycles. The van der Waals surface area contributed by atoms with Crippen LogP contribution in [0.1, 0.15) is 13.8 Å². The number of carbonyl (C=O) groups excluding carboxylic acids is 1. The van der Waals surface area contributed by atoms with Gasteiger partial charge in [0.25, 0.3) is 5.91 Å². The highest BCUT2D eigenvalue weighted by Crippen LogP contribution is 2.35. The molecule has 0 aliphatic carbocycles. The van der Waals surface area contributed by atoms with Crippen LogP contribution in [0.25, 0.3) is 0 Å². The minimum absolute atomic E-state index is 0.434. The molecule has 0 bridgehead atoms. The van der Waals surface area contributed by atoms with E-state index in [1.165, 1.54) is 13.8 Å². The molecular weight excluding hydrogens is 222 g/mol. The molecule has 1 unspecified atom stereocenters. The monoisotopic (exact) mass is 235 g/mol. The van der Waals surface area contributed by atoms with E-state index in [1.807, 2.05) is 0 Å². The topological polar surface area (TPSA) is 75.6 Å². The molecule has 1 atom stereocenters. The Kier molecular flexibility index (Phi) is 2.53. The molecule has 5 nitrogen and oxygen atoms in total. The maximum absolute atomic E-state index is 11.8. The highest BCUT2D eigenvalue weighted by Gasteiger charge is 2.45. The summed E-state index contributed by atoms with van der Waals surface area (Å²) >= 11 is 0. The van der Waals surface area contributed by atoms with Crippen molar-refractivity contribution in [3.63, 3.8) is 0 Å². The van der Waals surface area contributed by atoms with E-state index >= 15 is 0 Å². The van der Waals surface area contributed by atoms with Crippen LogP contribution in [-0.4, -0.2) is 23.1 Å². The predicted octanol–water partition coefficient (Wildman–Crippen LogP) is 1.50. The van der Waals surface area contributed by atoms with E-state index in [0.29, 0.717) is 11.4 Å². The quantitative estimate of drug-likeness (QED) is 0.814. The number of amides is 1. The number of para-hydroxylation sites is 2.